The maximum Gasteiger partial charge on any atom is 0.260 e. The van der Waals surface area contributed by atoms with E-state index in [4.69, 9.17) is 23.2 Å². The van der Waals surface area contributed by atoms with Crippen LogP contribution in [0.2, 0.25) is 29.9 Å². The van der Waals surface area contributed by atoms with Crippen molar-refractivity contribution in [1.82, 2.24) is 4.57 Å². The van der Waals surface area contributed by atoms with Crippen LogP contribution < -0.4 is 10.0 Å². The molecule has 0 aliphatic carbocycles. The molecule has 0 unspecified atom stereocenters. The third kappa shape index (κ3) is 5.15. The molecule has 0 atom stereocenters. The fourth-order valence-electron chi connectivity index (χ4n) is 5.09. The lowest BCUT2D eigenvalue weighted by atomic mass is 9.92. The lowest BCUT2D eigenvalue weighted by Gasteiger charge is -2.23. The predicted molar refractivity (Wildman–Crippen MR) is 157 cm³/mol. The Hall–Kier alpha value is -1.55. The van der Waals surface area contributed by atoms with Gasteiger partial charge in [0.05, 0.1) is 0 Å². The van der Waals surface area contributed by atoms with Gasteiger partial charge in [-0.1, -0.05) is 111 Å². The average molecular weight is 531 g/mol. The minimum atomic E-state index is -1.97. The number of benzene rings is 2. The molecule has 0 fully saturated rings. The van der Waals surface area contributed by atoms with Crippen LogP contribution in [0.15, 0.2) is 36.4 Å². The molecule has 0 bridgehead atoms. The van der Waals surface area contributed by atoms with Crippen molar-refractivity contribution in [2.75, 3.05) is 0 Å². The Morgan fingerprint density at radius 2 is 1.03 bits per heavy atom. The fourth-order valence-corrected chi connectivity index (χ4v) is 7.52. The van der Waals surface area contributed by atoms with E-state index in [1.165, 1.54) is 39.1 Å². The summed E-state index contributed by atoms with van der Waals surface area (Å²) in [6, 6.07) is 13.3. The number of nitrogens with zero attached hydrogens (tertiary/aromatic N) is 2. The van der Waals surface area contributed by atoms with Crippen LogP contribution in [0.4, 0.5) is 0 Å². The first kappa shape index (κ1) is 28.0. The normalized spacial score (nSPS) is 12.6. The van der Waals surface area contributed by atoms with Gasteiger partial charge in [0, 0.05) is 22.3 Å². The Kier molecular flexibility index (Phi) is 8.36. The molecule has 0 saturated heterocycles. The Morgan fingerprint density at radius 3 is 1.37 bits per heavy atom. The quantitative estimate of drug-likeness (QED) is 0.213. The number of halogens is 2. The third-order valence-corrected chi connectivity index (χ3v) is 9.37. The van der Waals surface area contributed by atoms with Gasteiger partial charge in [0.25, 0.3) is 10.3 Å². The predicted octanol–water partition coefficient (Wildman–Crippen LogP) is 9.10. The monoisotopic (exact) mass is 529 g/mol. The summed E-state index contributed by atoms with van der Waals surface area (Å²) in [4.78, 5) is 0. The zero-order chi connectivity index (χ0) is 26.4. The van der Waals surface area contributed by atoms with E-state index in [0.29, 0.717) is 34.0 Å². The van der Waals surface area contributed by atoms with Crippen LogP contribution in [0.5, 0.6) is 0 Å². The van der Waals surface area contributed by atoms with Crippen molar-refractivity contribution in [3.05, 3.63) is 69.0 Å². The van der Waals surface area contributed by atoms with E-state index in [0.717, 1.165) is 0 Å². The number of imidazole rings is 1. The molecule has 190 valence electrons. The zero-order valence-electron chi connectivity index (χ0n) is 23.4. The zero-order valence-corrected chi connectivity index (χ0v) is 25.9. The van der Waals surface area contributed by atoms with Crippen molar-refractivity contribution in [3.8, 4) is 11.4 Å². The smallest absolute Gasteiger partial charge is 0.186 e. The molecule has 5 heteroatoms. The average Bonchev–Trinajstić information content (AvgIpc) is 3.02. The number of hydrogen-bond acceptors (Lipinski definition) is 0. The maximum absolute atomic E-state index is 7.26. The molecule has 0 amide bonds. The highest BCUT2D eigenvalue weighted by atomic mass is 35.5. The van der Waals surface area contributed by atoms with Crippen LogP contribution >= 0.6 is 23.2 Å². The van der Waals surface area contributed by atoms with E-state index in [9.17, 15) is 0 Å². The van der Waals surface area contributed by atoms with Gasteiger partial charge in [-0.2, -0.15) is 9.13 Å². The SMILES string of the molecule is CC(C)c1cccc(C(C)C)c1-n1c(Cl)c(Cl)[n+](-c2c(C(C)C)cccc2C(C)C)c1[Si](C)(C)C. The molecule has 0 radical (unpaired) electrons. The molecule has 0 aliphatic heterocycles. The van der Waals surface area contributed by atoms with Crippen LogP contribution in [0.3, 0.4) is 0 Å². The number of para-hydroxylation sites is 2. The molecule has 2 nitrogen and oxygen atoms in total. The minimum absolute atomic E-state index is 0.359. The van der Waals surface area contributed by atoms with E-state index in [1.807, 2.05) is 0 Å². The Balaban J connectivity index is 2.62. The van der Waals surface area contributed by atoms with Gasteiger partial charge in [0.1, 0.15) is 11.4 Å². The summed E-state index contributed by atoms with van der Waals surface area (Å²) in [6.07, 6.45) is 0. The fraction of sp³-hybridized carbons (Fsp3) is 0.500. The second-order valence-corrected chi connectivity index (χ2v) is 17.7. The minimum Gasteiger partial charge on any atom is -0.186 e. The number of aromatic nitrogens is 2. The van der Waals surface area contributed by atoms with Crippen molar-refractivity contribution in [1.29, 1.82) is 0 Å². The first-order valence-corrected chi connectivity index (χ1v) is 17.2. The van der Waals surface area contributed by atoms with E-state index in [2.05, 4.69) is 121 Å². The first-order chi connectivity index (χ1) is 16.2. The summed E-state index contributed by atoms with van der Waals surface area (Å²) in [5, 5.41) is 1.21. The highest BCUT2D eigenvalue weighted by molar-refractivity contribution is 6.87. The Labute approximate surface area is 224 Å². The molecule has 0 aliphatic rings. The van der Waals surface area contributed by atoms with Gasteiger partial charge in [-0.25, -0.2) is 0 Å². The van der Waals surface area contributed by atoms with Crippen LogP contribution in [0, 0.1) is 0 Å². The summed E-state index contributed by atoms with van der Waals surface area (Å²) >= 11 is 14.5. The van der Waals surface area contributed by atoms with Crippen molar-refractivity contribution < 1.29 is 4.57 Å². The summed E-state index contributed by atoms with van der Waals surface area (Å²) < 4.78 is 4.62. The number of rotatable bonds is 7. The summed E-state index contributed by atoms with van der Waals surface area (Å²) in [5.74, 6) is 1.44. The van der Waals surface area contributed by atoms with Gasteiger partial charge in [-0.15, -0.1) is 0 Å². The molecule has 1 aromatic heterocycles. The van der Waals surface area contributed by atoms with Crippen molar-refractivity contribution in [2.45, 2.75) is 98.7 Å². The number of hydrogen-bond donors (Lipinski definition) is 0. The molecule has 3 rings (SSSR count). The second-order valence-electron chi connectivity index (χ2n) is 12.0. The van der Waals surface area contributed by atoms with Crippen LogP contribution in [0.1, 0.15) is 101 Å². The van der Waals surface area contributed by atoms with Gasteiger partial charge in [0.2, 0.25) is 5.45 Å². The lowest BCUT2D eigenvalue weighted by molar-refractivity contribution is -0.575. The molecule has 0 N–H and O–H groups in total. The summed E-state index contributed by atoms with van der Waals surface area (Å²) in [7, 11) is -1.97. The Morgan fingerprint density at radius 1 is 0.657 bits per heavy atom. The van der Waals surface area contributed by atoms with Crippen molar-refractivity contribution in [3.63, 3.8) is 0 Å². The highest BCUT2D eigenvalue weighted by Crippen LogP contribution is 2.36. The van der Waals surface area contributed by atoms with Gasteiger partial charge in [-0.05, 0) is 46.9 Å². The van der Waals surface area contributed by atoms with E-state index >= 15 is 0 Å². The molecule has 0 spiro atoms. The van der Waals surface area contributed by atoms with E-state index in [-0.39, 0.29) is 0 Å². The van der Waals surface area contributed by atoms with Gasteiger partial charge >= 0.3 is 0 Å². The lowest BCUT2D eigenvalue weighted by Crippen LogP contribution is -2.61. The van der Waals surface area contributed by atoms with Gasteiger partial charge in [0.15, 0.2) is 8.07 Å². The van der Waals surface area contributed by atoms with Crippen molar-refractivity contribution in [2.24, 2.45) is 0 Å². The molecule has 0 saturated carbocycles. The van der Waals surface area contributed by atoms with Gasteiger partial charge < -0.3 is 0 Å². The molecule has 1 heterocycles. The van der Waals surface area contributed by atoms with Crippen LogP contribution in [0.25, 0.3) is 11.4 Å². The summed E-state index contributed by atoms with van der Waals surface area (Å²) in [5.41, 5.74) is 8.85. The largest absolute Gasteiger partial charge is 0.260 e. The molecular weight excluding hydrogens is 487 g/mol. The molecule has 35 heavy (non-hydrogen) atoms. The maximum atomic E-state index is 7.26. The molecular formula is C30H43Cl2N2Si+. The first-order valence-electron chi connectivity index (χ1n) is 13.0. The standard InChI is InChI=1S/C30H43Cl2N2Si/c1-18(2)22-14-12-15-23(19(3)4)26(22)33-28(31)29(32)34(30(33)35(9,10)11)27-24(20(5)6)16-13-17-25(27)21(7)8/h12-21H,1-11H3/q+1. The van der Waals surface area contributed by atoms with Gasteiger partial charge in [-0.3, -0.25) is 0 Å². The third-order valence-electron chi connectivity index (χ3n) is 6.79. The second kappa shape index (κ2) is 10.4. The molecule has 3 aromatic rings. The molecule has 2 aromatic carbocycles. The Bertz CT molecular complexity index is 1070. The van der Waals surface area contributed by atoms with E-state index in [1.54, 1.807) is 0 Å². The summed E-state index contributed by atoms with van der Waals surface area (Å²) in [6.45, 7) is 25.2. The highest BCUT2D eigenvalue weighted by Gasteiger charge is 2.43. The van der Waals surface area contributed by atoms with Crippen LogP contribution in [-0.4, -0.2) is 12.6 Å². The van der Waals surface area contributed by atoms with Crippen LogP contribution in [-0.2, 0) is 0 Å². The topological polar surface area (TPSA) is 8.81 Å². The van der Waals surface area contributed by atoms with Crippen molar-refractivity contribution >= 4 is 36.7 Å². The van der Waals surface area contributed by atoms with E-state index < -0.39 is 8.07 Å².